The molecule has 5 nitrogen and oxygen atoms in total. The van der Waals surface area contributed by atoms with Crippen molar-refractivity contribution in [3.63, 3.8) is 0 Å². The molecule has 0 radical (unpaired) electrons. The van der Waals surface area contributed by atoms with E-state index in [1.165, 1.54) is 19.8 Å². The Morgan fingerprint density at radius 3 is 2.65 bits per heavy atom. The molecule has 1 unspecified atom stereocenters. The minimum absolute atomic E-state index is 0.349. The zero-order valence-electron chi connectivity index (χ0n) is 12.7. The SMILES string of the molecule is CC(C)[C@](O)(C(=O)OC[C@H]1CCN2CCC[C@@H]12)C(C)O. The average Bonchev–Trinajstić information content (AvgIpc) is 2.97. The maximum Gasteiger partial charge on any atom is 0.341 e. The van der Waals surface area contributed by atoms with Crippen molar-refractivity contribution in [2.24, 2.45) is 11.8 Å². The second-order valence-electron chi connectivity index (χ2n) is 6.55. The molecule has 116 valence electrons. The lowest BCUT2D eigenvalue weighted by atomic mass is 9.85. The number of rotatable bonds is 5. The van der Waals surface area contributed by atoms with Crippen molar-refractivity contribution in [3.8, 4) is 0 Å². The number of hydrogen-bond donors (Lipinski definition) is 2. The zero-order chi connectivity index (χ0) is 14.9. The Morgan fingerprint density at radius 1 is 1.35 bits per heavy atom. The van der Waals surface area contributed by atoms with Crippen LogP contribution in [0.25, 0.3) is 0 Å². The lowest BCUT2D eigenvalue weighted by Crippen LogP contribution is -2.53. The summed E-state index contributed by atoms with van der Waals surface area (Å²) in [5.41, 5.74) is -1.81. The Hall–Kier alpha value is -0.650. The van der Waals surface area contributed by atoms with Gasteiger partial charge in [0.25, 0.3) is 0 Å². The first-order chi connectivity index (χ1) is 9.37. The molecule has 0 saturated carbocycles. The fourth-order valence-corrected chi connectivity index (χ4v) is 3.57. The Balaban J connectivity index is 1.91. The molecule has 2 saturated heterocycles. The summed E-state index contributed by atoms with van der Waals surface area (Å²) in [6.07, 6.45) is 2.31. The lowest BCUT2D eigenvalue weighted by Gasteiger charge is -2.33. The number of fused-ring (bicyclic) bond motifs is 1. The highest BCUT2D eigenvalue weighted by Crippen LogP contribution is 2.33. The summed E-state index contributed by atoms with van der Waals surface area (Å²) in [5.74, 6) is -0.715. The number of carbonyl (C=O) groups excluding carboxylic acids is 1. The topological polar surface area (TPSA) is 70.0 Å². The first kappa shape index (κ1) is 15.7. The molecule has 4 atom stereocenters. The number of carbonyl (C=O) groups is 1. The van der Waals surface area contributed by atoms with E-state index in [1.807, 2.05) is 0 Å². The largest absolute Gasteiger partial charge is 0.463 e. The van der Waals surface area contributed by atoms with Gasteiger partial charge < -0.3 is 14.9 Å². The fourth-order valence-electron chi connectivity index (χ4n) is 3.57. The minimum atomic E-state index is -1.81. The number of esters is 1. The normalized spacial score (nSPS) is 31.1. The number of aliphatic hydroxyl groups excluding tert-OH is 1. The summed E-state index contributed by atoms with van der Waals surface area (Å²) < 4.78 is 5.35. The van der Waals surface area contributed by atoms with E-state index in [2.05, 4.69) is 4.90 Å². The van der Waals surface area contributed by atoms with E-state index < -0.39 is 17.7 Å². The molecule has 2 aliphatic rings. The monoisotopic (exact) mass is 285 g/mol. The maximum atomic E-state index is 12.2. The molecule has 2 fully saturated rings. The highest BCUT2D eigenvalue weighted by atomic mass is 16.6. The molecule has 20 heavy (non-hydrogen) atoms. The van der Waals surface area contributed by atoms with Crippen LogP contribution < -0.4 is 0 Å². The van der Waals surface area contributed by atoms with Gasteiger partial charge >= 0.3 is 5.97 Å². The van der Waals surface area contributed by atoms with E-state index in [9.17, 15) is 15.0 Å². The number of aliphatic hydroxyl groups is 2. The molecular formula is C15H27NO4. The third-order valence-corrected chi connectivity index (χ3v) is 5.02. The van der Waals surface area contributed by atoms with Gasteiger partial charge in [-0.25, -0.2) is 4.79 Å². The van der Waals surface area contributed by atoms with Crippen LogP contribution in [0.3, 0.4) is 0 Å². The van der Waals surface area contributed by atoms with Crippen LogP contribution in [0.2, 0.25) is 0 Å². The van der Waals surface area contributed by atoms with Crippen molar-refractivity contribution < 1.29 is 19.7 Å². The van der Waals surface area contributed by atoms with Gasteiger partial charge in [0.2, 0.25) is 0 Å². The smallest absolute Gasteiger partial charge is 0.341 e. The van der Waals surface area contributed by atoms with E-state index in [0.29, 0.717) is 18.6 Å². The third-order valence-electron chi connectivity index (χ3n) is 5.02. The number of ether oxygens (including phenoxy) is 1. The van der Waals surface area contributed by atoms with Gasteiger partial charge in [-0.05, 0) is 45.2 Å². The van der Waals surface area contributed by atoms with Gasteiger partial charge in [0.15, 0.2) is 5.60 Å². The second-order valence-corrected chi connectivity index (χ2v) is 6.55. The van der Waals surface area contributed by atoms with Crippen LogP contribution in [-0.2, 0) is 9.53 Å². The lowest BCUT2D eigenvalue weighted by molar-refractivity contribution is -0.186. The molecule has 0 spiro atoms. The van der Waals surface area contributed by atoms with Gasteiger partial charge in [-0.1, -0.05) is 13.8 Å². The fraction of sp³-hybridized carbons (Fsp3) is 0.933. The molecule has 2 aliphatic heterocycles. The molecule has 0 bridgehead atoms. The van der Waals surface area contributed by atoms with Crippen LogP contribution in [0.1, 0.15) is 40.0 Å². The first-order valence-corrected chi connectivity index (χ1v) is 7.69. The van der Waals surface area contributed by atoms with Crippen LogP contribution in [0.4, 0.5) is 0 Å². The summed E-state index contributed by atoms with van der Waals surface area (Å²) in [5, 5.41) is 20.1. The Labute approximate surface area is 120 Å². The van der Waals surface area contributed by atoms with Gasteiger partial charge in [-0.3, -0.25) is 4.90 Å². The van der Waals surface area contributed by atoms with Crippen LogP contribution in [0, 0.1) is 11.8 Å². The standard InChI is InChI=1S/C15H27NO4/c1-10(2)15(19,11(3)17)14(18)20-9-12-6-8-16-7-4-5-13(12)16/h10-13,17,19H,4-9H2,1-3H3/t11?,12-,13+,15-/m1/s1. The van der Waals surface area contributed by atoms with E-state index >= 15 is 0 Å². The van der Waals surface area contributed by atoms with Crippen molar-refractivity contribution in [3.05, 3.63) is 0 Å². The van der Waals surface area contributed by atoms with Gasteiger partial charge in [-0.2, -0.15) is 0 Å². The summed E-state index contributed by atoms with van der Waals surface area (Å²) >= 11 is 0. The molecule has 0 aliphatic carbocycles. The summed E-state index contributed by atoms with van der Waals surface area (Å²) in [6.45, 7) is 7.43. The quantitative estimate of drug-likeness (QED) is 0.731. The molecule has 0 aromatic heterocycles. The molecule has 2 N–H and O–H groups in total. The van der Waals surface area contributed by atoms with Gasteiger partial charge in [-0.15, -0.1) is 0 Å². The molecular weight excluding hydrogens is 258 g/mol. The average molecular weight is 285 g/mol. The summed E-state index contributed by atoms with van der Waals surface area (Å²) in [4.78, 5) is 14.6. The van der Waals surface area contributed by atoms with Crippen molar-refractivity contribution in [2.45, 2.75) is 57.8 Å². The molecule has 0 aromatic carbocycles. The van der Waals surface area contributed by atoms with Crippen LogP contribution in [-0.4, -0.2) is 58.5 Å². The van der Waals surface area contributed by atoms with Gasteiger partial charge in [0, 0.05) is 12.0 Å². The highest BCUT2D eigenvalue weighted by Gasteiger charge is 2.46. The second kappa shape index (κ2) is 6.00. The van der Waals surface area contributed by atoms with Crippen molar-refractivity contribution >= 4 is 5.97 Å². The highest BCUT2D eigenvalue weighted by molar-refractivity contribution is 5.80. The molecule has 5 heteroatoms. The predicted octanol–water partition coefficient (Wildman–Crippen LogP) is 0.782. The van der Waals surface area contributed by atoms with Crippen LogP contribution in [0.5, 0.6) is 0 Å². The molecule has 0 aromatic rings. The molecule has 0 amide bonds. The predicted molar refractivity (Wildman–Crippen MR) is 75.1 cm³/mol. The van der Waals surface area contributed by atoms with E-state index in [-0.39, 0.29) is 5.92 Å². The van der Waals surface area contributed by atoms with Gasteiger partial charge in [0.05, 0.1) is 12.7 Å². The minimum Gasteiger partial charge on any atom is -0.463 e. The van der Waals surface area contributed by atoms with E-state index in [1.54, 1.807) is 13.8 Å². The van der Waals surface area contributed by atoms with Gasteiger partial charge in [0.1, 0.15) is 0 Å². The summed E-state index contributed by atoms with van der Waals surface area (Å²) in [6, 6.07) is 0.529. The maximum absolute atomic E-state index is 12.2. The van der Waals surface area contributed by atoms with Crippen molar-refractivity contribution in [1.82, 2.24) is 4.90 Å². The Bertz CT molecular complexity index is 348. The van der Waals surface area contributed by atoms with Crippen molar-refractivity contribution in [1.29, 1.82) is 0 Å². The third kappa shape index (κ3) is 2.71. The number of nitrogens with zero attached hydrogens (tertiary/aromatic N) is 1. The van der Waals surface area contributed by atoms with Crippen LogP contribution >= 0.6 is 0 Å². The van der Waals surface area contributed by atoms with Crippen molar-refractivity contribution in [2.75, 3.05) is 19.7 Å². The van der Waals surface area contributed by atoms with E-state index in [4.69, 9.17) is 4.74 Å². The molecule has 2 rings (SSSR count). The van der Waals surface area contributed by atoms with E-state index in [0.717, 1.165) is 19.5 Å². The first-order valence-electron chi connectivity index (χ1n) is 7.69. The Morgan fingerprint density at radius 2 is 2.05 bits per heavy atom. The zero-order valence-corrected chi connectivity index (χ0v) is 12.7. The molecule has 2 heterocycles. The number of hydrogen-bond acceptors (Lipinski definition) is 5. The summed E-state index contributed by atoms with van der Waals surface area (Å²) in [7, 11) is 0. The Kier molecular flexibility index (Phi) is 4.72. The van der Waals surface area contributed by atoms with Crippen LogP contribution in [0.15, 0.2) is 0 Å².